The van der Waals surface area contributed by atoms with Gasteiger partial charge in [0.1, 0.15) is 17.9 Å². The number of carbonyl (C=O) groups excluding carboxylic acids is 2. The highest BCUT2D eigenvalue weighted by molar-refractivity contribution is 6.04. The number of β-amino-alcohol motifs (C(OH)–C–C–N with tert-alkyl or cyclic N) is 1. The van der Waals surface area contributed by atoms with Gasteiger partial charge in [-0.25, -0.2) is 13.2 Å². The van der Waals surface area contributed by atoms with Crippen molar-refractivity contribution >= 4 is 23.2 Å². The Bertz CT molecular complexity index is 1450. The Labute approximate surface area is 241 Å². The molecule has 42 heavy (non-hydrogen) atoms. The van der Waals surface area contributed by atoms with E-state index in [9.17, 15) is 33.1 Å². The molecule has 1 spiro atoms. The smallest absolute Gasteiger partial charge is 0.251 e. The van der Waals surface area contributed by atoms with Crippen molar-refractivity contribution in [2.45, 2.75) is 86.9 Å². The van der Waals surface area contributed by atoms with Gasteiger partial charge in [-0.1, -0.05) is 6.07 Å². The summed E-state index contributed by atoms with van der Waals surface area (Å²) in [6.45, 7) is 2.22. The van der Waals surface area contributed by atoms with E-state index in [4.69, 9.17) is 0 Å². The lowest BCUT2D eigenvalue weighted by atomic mass is 9.91. The summed E-state index contributed by atoms with van der Waals surface area (Å²) in [5.41, 5.74) is 1.11. The standard InChI is InChI=1S/C30H33F3N6O3/c1-28(42)12-24(38(16-28)17-34)27(41)39(21-2-3-22-23(11-21)36-15-29(22)8-9-29)25(18-10-19(31)14-35-13-18)26(40)37-20-4-6-30(32,33)7-5-20/h2-3,10-11,13-14,20,24-25,36,42H,4-9,12,15-16H2,1H3,(H,37,40). The molecule has 9 nitrogen and oxygen atoms in total. The van der Waals surface area contributed by atoms with E-state index in [1.165, 1.54) is 22.9 Å². The Hall–Kier alpha value is -3.85. The SMILES string of the molecule is CC1(O)CC(C(=O)N(c2ccc3c(c2)NCC32CC2)C(C(=O)NC2CCC(F)(F)CC2)c2cncc(F)c2)N(C#N)C1. The van der Waals surface area contributed by atoms with E-state index in [1.54, 1.807) is 12.1 Å². The number of nitriles is 1. The zero-order chi connectivity index (χ0) is 29.9. The van der Waals surface area contributed by atoms with Crippen molar-refractivity contribution in [1.29, 1.82) is 5.26 Å². The molecule has 2 amide bonds. The largest absolute Gasteiger partial charge is 0.388 e. The van der Waals surface area contributed by atoms with Gasteiger partial charge in [0.2, 0.25) is 11.8 Å². The second kappa shape index (κ2) is 10.2. The van der Waals surface area contributed by atoms with Gasteiger partial charge in [-0.3, -0.25) is 24.4 Å². The molecule has 2 aromatic rings. The second-order valence-corrected chi connectivity index (χ2v) is 12.5. The number of halogens is 3. The normalized spacial score (nSPS) is 26.2. The molecule has 3 heterocycles. The molecule has 3 fully saturated rings. The fourth-order valence-corrected chi connectivity index (χ4v) is 6.67. The first-order valence-electron chi connectivity index (χ1n) is 14.3. The van der Waals surface area contributed by atoms with E-state index in [-0.39, 0.29) is 49.6 Å². The number of aliphatic hydroxyl groups is 1. The van der Waals surface area contributed by atoms with Gasteiger partial charge in [0.15, 0.2) is 6.19 Å². The number of amides is 2. The molecule has 0 bridgehead atoms. The highest BCUT2D eigenvalue weighted by Crippen LogP contribution is 2.55. The Morgan fingerprint density at radius 2 is 1.95 bits per heavy atom. The monoisotopic (exact) mass is 582 g/mol. The van der Waals surface area contributed by atoms with Crippen molar-refractivity contribution in [2.24, 2.45) is 0 Å². The van der Waals surface area contributed by atoms with Crippen molar-refractivity contribution < 1.29 is 27.9 Å². The molecule has 0 radical (unpaired) electrons. The summed E-state index contributed by atoms with van der Waals surface area (Å²) in [5.74, 6) is -4.82. The van der Waals surface area contributed by atoms with E-state index in [0.717, 1.165) is 42.9 Å². The molecule has 3 N–H and O–H groups in total. The molecule has 1 aromatic heterocycles. The van der Waals surface area contributed by atoms with E-state index in [1.807, 2.05) is 12.3 Å². The molecule has 2 aliphatic heterocycles. The average molecular weight is 583 g/mol. The average Bonchev–Trinajstić information content (AvgIpc) is 3.54. The van der Waals surface area contributed by atoms with E-state index >= 15 is 0 Å². The lowest BCUT2D eigenvalue weighted by Crippen LogP contribution is -2.52. The summed E-state index contributed by atoms with van der Waals surface area (Å²) < 4.78 is 42.2. The number of hydrogen-bond donors (Lipinski definition) is 3. The van der Waals surface area contributed by atoms with Crippen LogP contribution in [0.5, 0.6) is 0 Å². The number of hydrogen-bond acceptors (Lipinski definition) is 7. The zero-order valence-electron chi connectivity index (χ0n) is 23.2. The van der Waals surface area contributed by atoms with Gasteiger partial charge in [0, 0.05) is 60.4 Å². The maximum atomic E-state index is 14.5. The van der Waals surface area contributed by atoms with Gasteiger partial charge in [-0.05, 0) is 56.4 Å². The lowest BCUT2D eigenvalue weighted by Gasteiger charge is -2.36. The fraction of sp³-hybridized carbons (Fsp3) is 0.533. The third-order valence-electron chi connectivity index (χ3n) is 9.11. The molecule has 2 aliphatic carbocycles. The number of nitrogens with one attached hydrogen (secondary N) is 2. The van der Waals surface area contributed by atoms with Gasteiger partial charge >= 0.3 is 0 Å². The number of benzene rings is 1. The van der Waals surface area contributed by atoms with Crippen LogP contribution in [0.4, 0.5) is 24.5 Å². The zero-order valence-corrected chi connectivity index (χ0v) is 23.2. The Morgan fingerprint density at radius 3 is 2.62 bits per heavy atom. The molecule has 4 aliphatic rings. The predicted molar refractivity (Wildman–Crippen MR) is 147 cm³/mol. The number of fused-ring (bicyclic) bond motifs is 2. The molecule has 2 saturated carbocycles. The van der Waals surface area contributed by atoms with Gasteiger partial charge in [0.25, 0.3) is 5.91 Å². The first-order chi connectivity index (χ1) is 19.9. The molecular weight excluding hydrogens is 549 g/mol. The predicted octanol–water partition coefficient (Wildman–Crippen LogP) is 3.75. The van der Waals surface area contributed by atoms with Gasteiger partial charge < -0.3 is 15.7 Å². The summed E-state index contributed by atoms with van der Waals surface area (Å²) >= 11 is 0. The van der Waals surface area contributed by atoms with Crippen molar-refractivity contribution in [2.75, 3.05) is 23.3 Å². The van der Waals surface area contributed by atoms with E-state index in [0.29, 0.717) is 5.69 Å². The molecule has 3 unspecified atom stereocenters. The molecular formula is C30H33F3N6O3. The maximum Gasteiger partial charge on any atom is 0.251 e. The molecule has 3 atom stereocenters. The maximum absolute atomic E-state index is 14.5. The van der Waals surface area contributed by atoms with E-state index in [2.05, 4.69) is 15.6 Å². The van der Waals surface area contributed by atoms with Crippen molar-refractivity contribution in [3.8, 4) is 6.19 Å². The van der Waals surface area contributed by atoms with Crippen molar-refractivity contribution in [3.63, 3.8) is 0 Å². The van der Waals surface area contributed by atoms with Crippen LogP contribution in [0.1, 0.15) is 69.0 Å². The Balaban J connectivity index is 1.42. The fourth-order valence-electron chi connectivity index (χ4n) is 6.67. The number of alkyl halides is 2. The molecule has 6 rings (SSSR count). The van der Waals surface area contributed by atoms with Crippen LogP contribution in [0, 0.1) is 17.3 Å². The van der Waals surface area contributed by atoms with Crippen LogP contribution in [0.15, 0.2) is 36.7 Å². The molecule has 12 heteroatoms. The van der Waals surface area contributed by atoms with Crippen LogP contribution in [-0.4, -0.2) is 63.5 Å². The van der Waals surface area contributed by atoms with Crippen LogP contribution in [-0.2, 0) is 15.0 Å². The number of carbonyl (C=O) groups is 2. The minimum Gasteiger partial charge on any atom is -0.388 e. The lowest BCUT2D eigenvalue weighted by molar-refractivity contribution is -0.129. The number of anilines is 2. The number of nitrogens with zero attached hydrogens (tertiary/aromatic N) is 4. The quantitative estimate of drug-likeness (QED) is 0.444. The summed E-state index contributed by atoms with van der Waals surface area (Å²) in [7, 11) is 0. The van der Waals surface area contributed by atoms with Crippen molar-refractivity contribution in [1.82, 2.24) is 15.2 Å². The van der Waals surface area contributed by atoms with Gasteiger partial charge in [0.05, 0.1) is 18.3 Å². The molecule has 222 valence electrons. The third kappa shape index (κ3) is 5.26. The minimum atomic E-state index is -2.80. The number of aromatic nitrogens is 1. The summed E-state index contributed by atoms with van der Waals surface area (Å²) in [6, 6.07) is 3.48. The Kier molecular flexibility index (Phi) is 6.84. The van der Waals surface area contributed by atoms with Gasteiger partial charge in [-0.2, -0.15) is 5.26 Å². The highest BCUT2D eigenvalue weighted by Gasteiger charge is 2.50. The van der Waals surface area contributed by atoms with Crippen molar-refractivity contribution in [3.05, 3.63) is 53.6 Å². The topological polar surface area (TPSA) is 122 Å². The minimum absolute atomic E-state index is 0.0549. The second-order valence-electron chi connectivity index (χ2n) is 12.5. The number of likely N-dealkylation sites (tertiary alicyclic amines) is 1. The van der Waals surface area contributed by atoms with Crippen LogP contribution < -0.4 is 15.5 Å². The summed E-state index contributed by atoms with van der Waals surface area (Å²) in [6.07, 6.45) is 5.64. The third-order valence-corrected chi connectivity index (χ3v) is 9.11. The summed E-state index contributed by atoms with van der Waals surface area (Å²) in [5, 5.41) is 26.8. The highest BCUT2D eigenvalue weighted by atomic mass is 19.3. The van der Waals surface area contributed by atoms with Crippen LogP contribution in [0.25, 0.3) is 0 Å². The number of pyridine rings is 1. The molecule has 1 saturated heterocycles. The first kappa shape index (κ1) is 28.3. The number of rotatable bonds is 6. The van der Waals surface area contributed by atoms with Crippen LogP contribution >= 0.6 is 0 Å². The first-order valence-corrected chi connectivity index (χ1v) is 14.3. The van der Waals surface area contributed by atoms with Crippen LogP contribution in [0.3, 0.4) is 0 Å². The Morgan fingerprint density at radius 1 is 1.21 bits per heavy atom. The van der Waals surface area contributed by atoms with Crippen LogP contribution in [0.2, 0.25) is 0 Å². The van der Waals surface area contributed by atoms with E-state index < -0.39 is 47.3 Å². The van der Waals surface area contributed by atoms with Gasteiger partial charge in [-0.15, -0.1) is 0 Å². The summed E-state index contributed by atoms with van der Waals surface area (Å²) in [4.78, 5) is 34.8. The molecule has 1 aromatic carbocycles.